The second-order valence-corrected chi connectivity index (χ2v) is 6.89. The molecule has 0 bridgehead atoms. The summed E-state index contributed by atoms with van der Waals surface area (Å²) in [7, 11) is 1.43. The van der Waals surface area contributed by atoms with Crippen molar-refractivity contribution in [3.63, 3.8) is 0 Å². The number of methoxy groups -OCH3 is 2. The summed E-state index contributed by atoms with van der Waals surface area (Å²) in [5.74, 6) is -0.433. The summed E-state index contributed by atoms with van der Waals surface area (Å²) in [5, 5.41) is 2.58. The minimum atomic E-state index is -1.49. The summed E-state index contributed by atoms with van der Waals surface area (Å²) < 4.78 is 41.4. The van der Waals surface area contributed by atoms with E-state index in [2.05, 4.69) is 10.3 Å². The number of hydrogen-bond acceptors (Lipinski definition) is 6. The van der Waals surface area contributed by atoms with Gasteiger partial charge in [0.1, 0.15) is 17.3 Å². The zero-order valence-electron chi connectivity index (χ0n) is 14.8. The highest BCUT2D eigenvalue weighted by Gasteiger charge is 2.18. The topological polar surface area (TPSA) is 90.7 Å². The van der Waals surface area contributed by atoms with E-state index in [1.807, 2.05) is 0 Å². The second kappa shape index (κ2) is 9.56. The number of nitrogens with zero attached hydrogens (tertiary/aromatic N) is 1. The highest BCUT2D eigenvalue weighted by molar-refractivity contribution is 7.84. The van der Waals surface area contributed by atoms with Crippen LogP contribution in [0.25, 0.3) is 11.5 Å². The third-order valence-electron chi connectivity index (χ3n) is 3.58. The molecule has 0 aliphatic rings. The van der Waals surface area contributed by atoms with Gasteiger partial charge in [-0.05, 0) is 19.1 Å². The standard InChI is InChI=1S/C17H21FN2O5S/c1-11-14(20-17(25-11)12-6-4-5-7-13(12)18)9-26(22)10-15(21)19-8-16(23-2)24-3/h4-7,16H,8-10H2,1-3H3,(H,19,21)/t26-/m1/s1. The smallest absolute Gasteiger partial charge is 0.232 e. The lowest BCUT2D eigenvalue weighted by atomic mass is 10.2. The molecule has 1 heterocycles. The van der Waals surface area contributed by atoms with E-state index in [4.69, 9.17) is 13.9 Å². The minimum Gasteiger partial charge on any atom is -0.441 e. The predicted molar refractivity (Wildman–Crippen MR) is 94.2 cm³/mol. The first-order chi connectivity index (χ1) is 12.4. The van der Waals surface area contributed by atoms with Crippen LogP contribution in [0, 0.1) is 12.7 Å². The van der Waals surface area contributed by atoms with Gasteiger partial charge in [0, 0.05) is 25.0 Å². The van der Waals surface area contributed by atoms with Gasteiger partial charge in [0.15, 0.2) is 6.29 Å². The summed E-state index contributed by atoms with van der Waals surface area (Å²) in [5.41, 5.74) is 0.664. The highest BCUT2D eigenvalue weighted by atomic mass is 32.2. The van der Waals surface area contributed by atoms with Gasteiger partial charge in [-0.25, -0.2) is 9.37 Å². The van der Waals surface area contributed by atoms with Gasteiger partial charge in [0.25, 0.3) is 0 Å². The van der Waals surface area contributed by atoms with E-state index in [1.165, 1.54) is 20.3 Å². The van der Waals surface area contributed by atoms with Crippen molar-refractivity contribution in [3.05, 3.63) is 41.5 Å². The molecule has 0 aliphatic heterocycles. The van der Waals surface area contributed by atoms with Crippen LogP contribution < -0.4 is 5.32 Å². The van der Waals surface area contributed by atoms with Crippen molar-refractivity contribution < 1.29 is 27.3 Å². The van der Waals surface area contributed by atoms with Crippen molar-refractivity contribution in [3.8, 4) is 11.5 Å². The molecule has 2 rings (SSSR count). The molecular weight excluding hydrogens is 363 g/mol. The van der Waals surface area contributed by atoms with E-state index in [-0.39, 0.29) is 29.5 Å². The van der Waals surface area contributed by atoms with Crippen molar-refractivity contribution in [2.75, 3.05) is 26.5 Å². The van der Waals surface area contributed by atoms with Crippen molar-refractivity contribution in [2.45, 2.75) is 19.0 Å². The zero-order chi connectivity index (χ0) is 19.1. The number of ether oxygens (including phenoxy) is 2. The summed E-state index contributed by atoms with van der Waals surface area (Å²) in [6, 6.07) is 6.11. The molecule has 1 amide bonds. The van der Waals surface area contributed by atoms with Crippen LogP contribution in [0.1, 0.15) is 11.5 Å². The Bertz CT molecular complexity index is 776. The minimum absolute atomic E-state index is 0.0369. The number of halogens is 1. The SMILES string of the molecule is COC(CNC(=O)C[S@](=O)Cc1nc(-c2ccccc2F)oc1C)OC. The summed E-state index contributed by atoms with van der Waals surface area (Å²) in [6.45, 7) is 1.81. The van der Waals surface area contributed by atoms with E-state index >= 15 is 0 Å². The van der Waals surface area contributed by atoms with Gasteiger partial charge in [0.2, 0.25) is 11.8 Å². The van der Waals surface area contributed by atoms with Gasteiger partial charge in [-0.15, -0.1) is 0 Å². The Kier molecular flexibility index (Phi) is 7.43. The van der Waals surface area contributed by atoms with Crippen LogP contribution in [-0.4, -0.2) is 47.9 Å². The van der Waals surface area contributed by atoms with E-state index in [1.54, 1.807) is 25.1 Å². The van der Waals surface area contributed by atoms with E-state index in [0.717, 1.165) is 0 Å². The number of benzene rings is 1. The van der Waals surface area contributed by atoms with Crippen molar-refractivity contribution in [1.29, 1.82) is 0 Å². The molecule has 0 fully saturated rings. The summed E-state index contributed by atoms with van der Waals surface area (Å²) in [4.78, 5) is 16.0. The maximum Gasteiger partial charge on any atom is 0.232 e. The number of nitrogens with one attached hydrogen (secondary N) is 1. The van der Waals surface area contributed by atoms with Crippen molar-refractivity contribution in [1.82, 2.24) is 10.3 Å². The fraction of sp³-hybridized carbons (Fsp3) is 0.412. The number of aromatic nitrogens is 1. The molecule has 7 nitrogen and oxygen atoms in total. The number of amides is 1. The molecular formula is C17H21FN2O5S. The monoisotopic (exact) mass is 384 g/mol. The first kappa shape index (κ1) is 20.2. The zero-order valence-corrected chi connectivity index (χ0v) is 15.6. The third-order valence-corrected chi connectivity index (χ3v) is 4.76. The normalized spacial score (nSPS) is 12.3. The van der Waals surface area contributed by atoms with Crippen LogP contribution in [0.5, 0.6) is 0 Å². The fourth-order valence-electron chi connectivity index (χ4n) is 2.17. The van der Waals surface area contributed by atoms with Gasteiger partial charge in [-0.2, -0.15) is 0 Å². The molecule has 9 heteroatoms. The molecule has 2 aromatic rings. The average Bonchev–Trinajstić information content (AvgIpc) is 2.96. The number of carbonyl (C=O) groups excluding carboxylic acids is 1. The molecule has 26 heavy (non-hydrogen) atoms. The van der Waals surface area contributed by atoms with Crippen LogP contribution in [0.4, 0.5) is 4.39 Å². The van der Waals surface area contributed by atoms with Crippen molar-refractivity contribution in [2.24, 2.45) is 0 Å². The number of aryl methyl sites for hydroxylation is 1. The quantitative estimate of drug-likeness (QED) is 0.663. The maximum absolute atomic E-state index is 13.8. The van der Waals surface area contributed by atoms with Gasteiger partial charge in [0.05, 0.1) is 23.6 Å². The second-order valence-electron chi connectivity index (χ2n) is 5.44. The number of rotatable bonds is 9. The Morgan fingerprint density at radius 3 is 2.69 bits per heavy atom. The predicted octanol–water partition coefficient (Wildman–Crippen LogP) is 1.77. The van der Waals surface area contributed by atoms with Crippen LogP contribution >= 0.6 is 0 Å². The molecule has 1 aromatic carbocycles. The summed E-state index contributed by atoms with van der Waals surface area (Å²) >= 11 is 0. The van der Waals surface area contributed by atoms with Crippen LogP contribution in [0.2, 0.25) is 0 Å². The Hall–Kier alpha value is -2.10. The van der Waals surface area contributed by atoms with E-state index < -0.39 is 28.8 Å². The van der Waals surface area contributed by atoms with Crippen LogP contribution in [0.15, 0.2) is 28.7 Å². The first-order valence-corrected chi connectivity index (χ1v) is 9.31. The Morgan fingerprint density at radius 1 is 1.35 bits per heavy atom. The Labute approximate surface area is 153 Å². The highest BCUT2D eigenvalue weighted by Crippen LogP contribution is 2.24. The van der Waals surface area contributed by atoms with Gasteiger partial charge < -0.3 is 19.2 Å². The summed E-state index contributed by atoms with van der Waals surface area (Å²) in [6.07, 6.45) is -0.562. The van der Waals surface area contributed by atoms with Gasteiger partial charge in [-0.1, -0.05) is 12.1 Å². The largest absolute Gasteiger partial charge is 0.441 e. The van der Waals surface area contributed by atoms with Gasteiger partial charge >= 0.3 is 0 Å². The molecule has 142 valence electrons. The number of carbonyl (C=O) groups is 1. The van der Waals surface area contributed by atoms with Crippen LogP contribution in [-0.2, 0) is 30.8 Å². The van der Waals surface area contributed by atoms with Crippen LogP contribution in [0.3, 0.4) is 0 Å². The molecule has 0 aliphatic carbocycles. The Balaban J connectivity index is 1.95. The van der Waals surface area contributed by atoms with E-state index in [9.17, 15) is 13.4 Å². The molecule has 1 atom stereocenters. The maximum atomic E-state index is 13.8. The Morgan fingerprint density at radius 2 is 2.04 bits per heavy atom. The number of oxazole rings is 1. The molecule has 1 N–H and O–H groups in total. The molecule has 0 radical (unpaired) electrons. The molecule has 0 saturated heterocycles. The molecule has 1 aromatic heterocycles. The lowest BCUT2D eigenvalue weighted by Crippen LogP contribution is -2.36. The average molecular weight is 384 g/mol. The first-order valence-electron chi connectivity index (χ1n) is 7.83. The molecule has 0 saturated carbocycles. The number of hydrogen-bond donors (Lipinski definition) is 1. The fourth-order valence-corrected chi connectivity index (χ4v) is 3.24. The van der Waals surface area contributed by atoms with Crippen molar-refractivity contribution >= 4 is 16.7 Å². The third kappa shape index (κ3) is 5.45. The van der Waals surface area contributed by atoms with E-state index in [0.29, 0.717) is 11.5 Å². The lowest BCUT2D eigenvalue weighted by molar-refractivity contribution is -0.125. The lowest BCUT2D eigenvalue weighted by Gasteiger charge is -2.13. The molecule has 0 spiro atoms. The van der Waals surface area contributed by atoms with Gasteiger partial charge in [-0.3, -0.25) is 9.00 Å². The molecule has 0 unspecified atom stereocenters.